The molecule has 2 heteroatoms. The van der Waals surface area contributed by atoms with Gasteiger partial charge in [-0.3, -0.25) is 0 Å². The van der Waals surface area contributed by atoms with Crippen molar-refractivity contribution in [3.05, 3.63) is 53.1 Å². The Balaban J connectivity index is 2.02. The highest BCUT2D eigenvalue weighted by Crippen LogP contribution is 2.31. The summed E-state index contributed by atoms with van der Waals surface area (Å²) in [5.41, 5.74) is 12.0. The standard InChI is InChI=1S/C17H19NO/c1-12-9-13(11-18)4-6-16(12)14-5-7-17-15(10-14)3-2-8-19-17/h4-7,9-10H,2-3,8,11,18H2,1H3. The van der Waals surface area contributed by atoms with E-state index in [4.69, 9.17) is 10.5 Å². The molecule has 2 N–H and O–H groups in total. The Morgan fingerprint density at radius 3 is 2.84 bits per heavy atom. The molecule has 0 radical (unpaired) electrons. The van der Waals surface area contributed by atoms with E-state index in [1.165, 1.54) is 27.8 Å². The number of hydrogen-bond donors (Lipinski definition) is 1. The molecule has 3 rings (SSSR count). The summed E-state index contributed by atoms with van der Waals surface area (Å²) < 4.78 is 5.66. The van der Waals surface area contributed by atoms with Gasteiger partial charge in [0.25, 0.3) is 0 Å². The highest BCUT2D eigenvalue weighted by atomic mass is 16.5. The predicted molar refractivity (Wildman–Crippen MR) is 78.3 cm³/mol. The summed E-state index contributed by atoms with van der Waals surface area (Å²) in [5, 5.41) is 0. The molecule has 0 amide bonds. The summed E-state index contributed by atoms with van der Waals surface area (Å²) in [6, 6.07) is 13.0. The molecule has 1 heterocycles. The average Bonchev–Trinajstić information content (AvgIpc) is 2.46. The van der Waals surface area contributed by atoms with Crippen LogP contribution in [0.5, 0.6) is 5.75 Å². The lowest BCUT2D eigenvalue weighted by Gasteiger charge is -2.18. The van der Waals surface area contributed by atoms with Gasteiger partial charge in [-0.15, -0.1) is 0 Å². The number of fused-ring (bicyclic) bond motifs is 1. The van der Waals surface area contributed by atoms with Crippen LogP contribution in [0.3, 0.4) is 0 Å². The van der Waals surface area contributed by atoms with Crippen molar-refractivity contribution in [1.29, 1.82) is 0 Å². The molecule has 1 aliphatic rings. The summed E-state index contributed by atoms with van der Waals surface area (Å²) in [6.07, 6.45) is 2.23. The monoisotopic (exact) mass is 253 g/mol. The summed E-state index contributed by atoms with van der Waals surface area (Å²) in [5.74, 6) is 1.05. The van der Waals surface area contributed by atoms with Gasteiger partial charge in [0.2, 0.25) is 0 Å². The van der Waals surface area contributed by atoms with Crippen LogP contribution in [0, 0.1) is 6.92 Å². The first-order chi connectivity index (χ1) is 9.28. The maximum absolute atomic E-state index is 5.68. The summed E-state index contributed by atoms with van der Waals surface area (Å²) >= 11 is 0. The van der Waals surface area contributed by atoms with Crippen molar-refractivity contribution in [1.82, 2.24) is 0 Å². The van der Waals surface area contributed by atoms with Gasteiger partial charge in [-0.05, 0) is 59.7 Å². The van der Waals surface area contributed by atoms with Gasteiger partial charge < -0.3 is 10.5 Å². The first-order valence-corrected chi connectivity index (χ1v) is 6.83. The molecule has 0 bridgehead atoms. The number of nitrogens with two attached hydrogens (primary N) is 1. The predicted octanol–water partition coefficient (Wildman–Crippen LogP) is 3.45. The third-order valence-electron chi connectivity index (χ3n) is 3.75. The molecule has 0 spiro atoms. The lowest BCUT2D eigenvalue weighted by atomic mass is 9.95. The van der Waals surface area contributed by atoms with Gasteiger partial charge in [0.1, 0.15) is 5.75 Å². The van der Waals surface area contributed by atoms with Crippen LogP contribution < -0.4 is 10.5 Å². The molecule has 2 aromatic rings. The van der Waals surface area contributed by atoms with Crippen LogP contribution in [0.1, 0.15) is 23.1 Å². The van der Waals surface area contributed by atoms with Gasteiger partial charge in [0.05, 0.1) is 6.61 Å². The van der Waals surface area contributed by atoms with E-state index >= 15 is 0 Å². The fraction of sp³-hybridized carbons (Fsp3) is 0.294. The topological polar surface area (TPSA) is 35.2 Å². The minimum Gasteiger partial charge on any atom is -0.493 e. The van der Waals surface area contributed by atoms with Crippen molar-refractivity contribution in [3.8, 4) is 16.9 Å². The van der Waals surface area contributed by atoms with Gasteiger partial charge in [0, 0.05) is 6.54 Å². The molecule has 0 unspecified atom stereocenters. The maximum atomic E-state index is 5.68. The molecule has 0 fully saturated rings. The second-order valence-electron chi connectivity index (χ2n) is 5.13. The minimum atomic E-state index is 0.596. The van der Waals surface area contributed by atoms with Crippen LogP contribution in [-0.2, 0) is 13.0 Å². The van der Waals surface area contributed by atoms with Gasteiger partial charge >= 0.3 is 0 Å². The first kappa shape index (κ1) is 12.2. The van der Waals surface area contributed by atoms with Crippen molar-refractivity contribution in [2.75, 3.05) is 6.61 Å². The van der Waals surface area contributed by atoms with Crippen LogP contribution in [0.25, 0.3) is 11.1 Å². The fourth-order valence-electron chi connectivity index (χ4n) is 2.70. The Labute approximate surface area is 114 Å². The van der Waals surface area contributed by atoms with E-state index in [9.17, 15) is 0 Å². The van der Waals surface area contributed by atoms with Crippen LogP contribution in [0.2, 0.25) is 0 Å². The lowest BCUT2D eigenvalue weighted by molar-refractivity contribution is 0.288. The number of rotatable bonds is 2. The molecule has 0 saturated heterocycles. The van der Waals surface area contributed by atoms with Crippen molar-refractivity contribution in [2.45, 2.75) is 26.3 Å². The van der Waals surface area contributed by atoms with Crippen LogP contribution >= 0.6 is 0 Å². The second kappa shape index (κ2) is 5.06. The molecule has 19 heavy (non-hydrogen) atoms. The fourth-order valence-corrected chi connectivity index (χ4v) is 2.70. The average molecular weight is 253 g/mol. The Morgan fingerprint density at radius 2 is 2.05 bits per heavy atom. The van der Waals surface area contributed by atoms with Gasteiger partial charge in [-0.1, -0.05) is 24.3 Å². The Kier molecular flexibility index (Phi) is 3.26. The van der Waals surface area contributed by atoms with Crippen molar-refractivity contribution < 1.29 is 4.74 Å². The zero-order chi connectivity index (χ0) is 13.2. The molecule has 0 atom stereocenters. The normalized spacial score (nSPS) is 13.8. The molecule has 0 aromatic heterocycles. The Morgan fingerprint density at radius 1 is 1.16 bits per heavy atom. The summed E-state index contributed by atoms with van der Waals surface area (Å²) in [7, 11) is 0. The van der Waals surface area contributed by atoms with E-state index in [1.54, 1.807) is 0 Å². The zero-order valence-corrected chi connectivity index (χ0v) is 11.3. The third-order valence-corrected chi connectivity index (χ3v) is 3.75. The largest absolute Gasteiger partial charge is 0.493 e. The van der Waals surface area contributed by atoms with Crippen LogP contribution in [0.15, 0.2) is 36.4 Å². The van der Waals surface area contributed by atoms with E-state index in [1.807, 2.05) is 0 Å². The molecule has 2 nitrogen and oxygen atoms in total. The van der Waals surface area contributed by atoms with Crippen molar-refractivity contribution >= 4 is 0 Å². The third kappa shape index (κ3) is 2.36. The maximum Gasteiger partial charge on any atom is 0.122 e. The second-order valence-corrected chi connectivity index (χ2v) is 5.13. The van der Waals surface area contributed by atoms with Crippen molar-refractivity contribution in [2.24, 2.45) is 5.73 Å². The van der Waals surface area contributed by atoms with Gasteiger partial charge in [-0.2, -0.15) is 0 Å². The first-order valence-electron chi connectivity index (χ1n) is 6.83. The quantitative estimate of drug-likeness (QED) is 0.889. The van der Waals surface area contributed by atoms with E-state index in [0.29, 0.717) is 6.54 Å². The molecule has 0 saturated carbocycles. The highest BCUT2D eigenvalue weighted by molar-refractivity contribution is 5.69. The zero-order valence-electron chi connectivity index (χ0n) is 11.3. The molecule has 98 valence electrons. The van der Waals surface area contributed by atoms with E-state index in [-0.39, 0.29) is 0 Å². The van der Waals surface area contributed by atoms with E-state index in [2.05, 4.69) is 43.3 Å². The van der Waals surface area contributed by atoms with E-state index < -0.39 is 0 Å². The number of aryl methyl sites for hydroxylation is 2. The summed E-state index contributed by atoms with van der Waals surface area (Å²) in [6.45, 7) is 3.58. The SMILES string of the molecule is Cc1cc(CN)ccc1-c1ccc2c(c1)CCCO2. The van der Waals surface area contributed by atoms with E-state index in [0.717, 1.165) is 25.2 Å². The number of benzene rings is 2. The van der Waals surface area contributed by atoms with Gasteiger partial charge in [-0.25, -0.2) is 0 Å². The van der Waals surface area contributed by atoms with Gasteiger partial charge in [0.15, 0.2) is 0 Å². The molecule has 1 aliphatic heterocycles. The lowest BCUT2D eigenvalue weighted by Crippen LogP contribution is -2.08. The molecular formula is C17H19NO. The molecular weight excluding hydrogens is 234 g/mol. The number of ether oxygens (including phenoxy) is 1. The Bertz CT molecular complexity index is 604. The summed E-state index contributed by atoms with van der Waals surface area (Å²) in [4.78, 5) is 0. The Hall–Kier alpha value is -1.80. The van der Waals surface area contributed by atoms with Crippen LogP contribution in [-0.4, -0.2) is 6.61 Å². The van der Waals surface area contributed by atoms with Crippen LogP contribution in [0.4, 0.5) is 0 Å². The highest BCUT2D eigenvalue weighted by Gasteiger charge is 2.12. The minimum absolute atomic E-state index is 0.596. The molecule has 2 aromatic carbocycles. The number of hydrogen-bond acceptors (Lipinski definition) is 2. The molecule has 0 aliphatic carbocycles. The smallest absolute Gasteiger partial charge is 0.122 e. The van der Waals surface area contributed by atoms with Crippen molar-refractivity contribution in [3.63, 3.8) is 0 Å².